The number of aromatic carboxylic acids is 1. The Bertz CT molecular complexity index is 485. The van der Waals surface area contributed by atoms with Gasteiger partial charge in [0.1, 0.15) is 4.88 Å². The summed E-state index contributed by atoms with van der Waals surface area (Å²) in [6.45, 7) is 3.38. The number of piperidine rings is 1. The van der Waals surface area contributed by atoms with Crippen molar-refractivity contribution in [2.24, 2.45) is 5.92 Å². The largest absolute Gasteiger partial charge is 0.477 e. The van der Waals surface area contributed by atoms with Gasteiger partial charge in [-0.15, -0.1) is 11.3 Å². The predicted molar refractivity (Wildman–Crippen MR) is 71.8 cm³/mol. The highest BCUT2D eigenvalue weighted by atomic mass is 32.1. The second kappa shape index (κ2) is 5.71. The number of rotatable bonds is 3. The highest BCUT2D eigenvalue weighted by molar-refractivity contribution is 7.15. The van der Waals surface area contributed by atoms with Crippen LogP contribution in [0.3, 0.4) is 0 Å². The Morgan fingerprint density at radius 3 is 2.68 bits per heavy atom. The van der Waals surface area contributed by atoms with Gasteiger partial charge in [0.05, 0.1) is 11.0 Å². The van der Waals surface area contributed by atoms with Gasteiger partial charge in [-0.3, -0.25) is 4.79 Å². The molecular formula is C13H17NO4S. The molecule has 1 aromatic heterocycles. The average Bonchev–Trinajstić information content (AvgIpc) is 2.88. The Balaban J connectivity index is 2.08. The molecule has 1 fully saturated rings. The molecule has 6 heteroatoms. The second-order valence-electron chi connectivity index (χ2n) is 4.76. The van der Waals surface area contributed by atoms with Gasteiger partial charge in [0.25, 0.3) is 5.91 Å². The van der Waals surface area contributed by atoms with E-state index in [1.807, 2.05) is 0 Å². The Morgan fingerprint density at radius 1 is 1.42 bits per heavy atom. The van der Waals surface area contributed by atoms with Gasteiger partial charge in [-0.05, 0) is 24.5 Å². The zero-order valence-electron chi connectivity index (χ0n) is 11.0. The highest BCUT2D eigenvalue weighted by Gasteiger charge is 2.30. The van der Waals surface area contributed by atoms with Crippen molar-refractivity contribution in [3.8, 4) is 0 Å². The van der Waals surface area contributed by atoms with E-state index in [2.05, 4.69) is 6.92 Å². The van der Waals surface area contributed by atoms with Crippen molar-refractivity contribution in [2.45, 2.75) is 19.4 Å². The third-order valence-corrected chi connectivity index (χ3v) is 4.57. The molecule has 2 heterocycles. The molecule has 1 aromatic rings. The molecule has 1 N–H and O–H groups in total. The smallest absolute Gasteiger partial charge is 0.345 e. The topological polar surface area (TPSA) is 66.8 Å². The molecule has 5 nitrogen and oxygen atoms in total. The number of thiophene rings is 1. The molecular weight excluding hydrogens is 266 g/mol. The summed E-state index contributed by atoms with van der Waals surface area (Å²) in [5.41, 5.74) is 0. The number of nitrogens with zero attached hydrogens (tertiary/aromatic N) is 1. The number of hydrogen-bond acceptors (Lipinski definition) is 4. The van der Waals surface area contributed by atoms with Crippen LogP contribution >= 0.6 is 11.3 Å². The summed E-state index contributed by atoms with van der Waals surface area (Å²) in [6.07, 6.45) is 0.957. The van der Waals surface area contributed by atoms with Crippen LogP contribution in [-0.2, 0) is 4.74 Å². The molecule has 0 aliphatic carbocycles. The van der Waals surface area contributed by atoms with Crippen LogP contribution in [0.5, 0.6) is 0 Å². The summed E-state index contributed by atoms with van der Waals surface area (Å²) in [4.78, 5) is 25.5. The van der Waals surface area contributed by atoms with Crippen LogP contribution in [0.15, 0.2) is 12.1 Å². The van der Waals surface area contributed by atoms with Crippen molar-refractivity contribution in [1.82, 2.24) is 4.90 Å². The van der Waals surface area contributed by atoms with E-state index in [1.54, 1.807) is 18.1 Å². The van der Waals surface area contributed by atoms with Crippen molar-refractivity contribution >= 4 is 23.2 Å². The Morgan fingerprint density at radius 2 is 2.11 bits per heavy atom. The quantitative estimate of drug-likeness (QED) is 0.920. The lowest BCUT2D eigenvalue weighted by atomic mass is 9.96. The maximum Gasteiger partial charge on any atom is 0.345 e. The number of amides is 1. The minimum Gasteiger partial charge on any atom is -0.477 e. The number of carboxylic acid groups (broad SMARTS) is 1. The van der Waals surface area contributed by atoms with Crippen LogP contribution in [0, 0.1) is 5.92 Å². The minimum absolute atomic E-state index is 0.0524. The fraction of sp³-hybridized carbons (Fsp3) is 0.538. The van der Waals surface area contributed by atoms with Crippen molar-refractivity contribution in [3.05, 3.63) is 21.9 Å². The first-order chi connectivity index (χ1) is 9.02. The molecule has 2 atom stereocenters. The lowest BCUT2D eigenvalue weighted by molar-refractivity contribution is -0.00138. The Kier molecular flexibility index (Phi) is 4.21. The SMILES string of the molecule is COC1CN(C(=O)c2ccc(C(=O)O)s2)CCC1C. The molecule has 2 unspecified atom stereocenters. The molecule has 0 saturated carbocycles. The van der Waals surface area contributed by atoms with Crippen LogP contribution in [-0.4, -0.2) is 48.2 Å². The van der Waals surface area contributed by atoms with E-state index in [9.17, 15) is 9.59 Å². The van der Waals surface area contributed by atoms with Crippen LogP contribution in [0.2, 0.25) is 0 Å². The molecule has 104 valence electrons. The molecule has 1 amide bonds. The summed E-state index contributed by atoms with van der Waals surface area (Å²) >= 11 is 1.02. The standard InChI is InChI=1S/C13H17NO4S/c1-8-5-6-14(7-9(8)18-2)12(15)10-3-4-11(19-10)13(16)17/h3-4,8-9H,5-7H2,1-2H3,(H,16,17). The van der Waals surface area contributed by atoms with Gasteiger partial charge >= 0.3 is 5.97 Å². The summed E-state index contributed by atoms with van der Waals surface area (Å²) in [6, 6.07) is 3.05. The van der Waals surface area contributed by atoms with Gasteiger partial charge in [0.2, 0.25) is 0 Å². The van der Waals surface area contributed by atoms with Gasteiger partial charge in [0.15, 0.2) is 0 Å². The number of likely N-dealkylation sites (tertiary alicyclic amines) is 1. The minimum atomic E-state index is -0.994. The maximum atomic E-state index is 12.3. The van der Waals surface area contributed by atoms with Crippen molar-refractivity contribution in [1.29, 1.82) is 0 Å². The lowest BCUT2D eigenvalue weighted by Crippen LogP contribution is -2.46. The summed E-state index contributed by atoms with van der Waals surface area (Å²) in [7, 11) is 1.66. The third-order valence-electron chi connectivity index (χ3n) is 3.51. The number of ether oxygens (including phenoxy) is 1. The number of carbonyl (C=O) groups is 2. The van der Waals surface area contributed by atoms with E-state index in [-0.39, 0.29) is 16.9 Å². The molecule has 0 spiro atoms. The third kappa shape index (κ3) is 2.96. The second-order valence-corrected chi connectivity index (χ2v) is 5.84. The van der Waals surface area contributed by atoms with Crippen LogP contribution < -0.4 is 0 Å². The van der Waals surface area contributed by atoms with Crippen LogP contribution in [0.4, 0.5) is 0 Å². The van der Waals surface area contributed by atoms with E-state index in [0.717, 1.165) is 17.8 Å². The molecule has 0 radical (unpaired) electrons. The zero-order chi connectivity index (χ0) is 14.0. The van der Waals surface area contributed by atoms with Crippen molar-refractivity contribution in [2.75, 3.05) is 20.2 Å². The van der Waals surface area contributed by atoms with E-state index in [4.69, 9.17) is 9.84 Å². The van der Waals surface area contributed by atoms with Gasteiger partial charge in [-0.1, -0.05) is 6.92 Å². The van der Waals surface area contributed by atoms with Crippen LogP contribution in [0.1, 0.15) is 32.7 Å². The molecule has 0 aromatic carbocycles. The number of carbonyl (C=O) groups excluding carboxylic acids is 1. The molecule has 2 rings (SSSR count). The van der Waals surface area contributed by atoms with Crippen molar-refractivity contribution < 1.29 is 19.4 Å². The lowest BCUT2D eigenvalue weighted by Gasteiger charge is -2.36. The summed E-state index contributed by atoms with van der Waals surface area (Å²) in [5, 5.41) is 8.87. The monoisotopic (exact) mass is 283 g/mol. The Labute approximate surface area is 115 Å². The fourth-order valence-corrected chi connectivity index (χ4v) is 3.06. The fourth-order valence-electron chi connectivity index (χ4n) is 2.25. The normalized spacial score (nSPS) is 23.4. The summed E-state index contributed by atoms with van der Waals surface area (Å²) < 4.78 is 5.38. The predicted octanol–water partition coefficient (Wildman–Crippen LogP) is 1.94. The Hall–Kier alpha value is -1.40. The summed E-state index contributed by atoms with van der Waals surface area (Å²) in [5.74, 6) is -0.662. The number of carboxylic acids is 1. The molecule has 1 aliphatic rings. The zero-order valence-corrected chi connectivity index (χ0v) is 11.8. The molecule has 1 aliphatic heterocycles. The van der Waals surface area contributed by atoms with E-state index >= 15 is 0 Å². The first-order valence-electron chi connectivity index (χ1n) is 6.18. The molecule has 1 saturated heterocycles. The highest BCUT2D eigenvalue weighted by Crippen LogP contribution is 2.24. The van der Waals surface area contributed by atoms with Gasteiger partial charge in [-0.25, -0.2) is 4.79 Å². The first kappa shape index (κ1) is 14.0. The number of methoxy groups -OCH3 is 1. The van der Waals surface area contributed by atoms with E-state index in [1.165, 1.54) is 6.07 Å². The van der Waals surface area contributed by atoms with Gasteiger partial charge < -0.3 is 14.7 Å². The number of hydrogen-bond donors (Lipinski definition) is 1. The molecule has 0 bridgehead atoms. The first-order valence-corrected chi connectivity index (χ1v) is 6.99. The van der Waals surface area contributed by atoms with E-state index in [0.29, 0.717) is 23.9 Å². The molecule has 19 heavy (non-hydrogen) atoms. The maximum absolute atomic E-state index is 12.3. The van der Waals surface area contributed by atoms with Crippen LogP contribution in [0.25, 0.3) is 0 Å². The van der Waals surface area contributed by atoms with E-state index < -0.39 is 5.97 Å². The van der Waals surface area contributed by atoms with Gasteiger partial charge in [-0.2, -0.15) is 0 Å². The van der Waals surface area contributed by atoms with Gasteiger partial charge in [0, 0.05) is 20.2 Å². The average molecular weight is 283 g/mol. The van der Waals surface area contributed by atoms with Crippen molar-refractivity contribution in [3.63, 3.8) is 0 Å².